The summed E-state index contributed by atoms with van der Waals surface area (Å²) < 4.78 is 16.8. The Kier molecular flexibility index (Phi) is 7.61. The third-order valence-corrected chi connectivity index (χ3v) is 5.18. The first kappa shape index (κ1) is 22.4. The van der Waals surface area contributed by atoms with Crippen LogP contribution in [0.15, 0.2) is 84.9 Å². The molecular formula is C27H26N2O4. The van der Waals surface area contributed by atoms with Crippen molar-refractivity contribution < 1.29 is 19.0 Å². The summed E-state index contributed by atoms with van der Waals surface area (Å²) in [5.74, 6) is 0.798. The predicted octanol–water partition coefficient (Wildman–Crippen LogP) is 5.39. The first-order chi connectivity index (χ1) is 16.3. The minimum Gasteiger partial charge on any atom is -0.477 e. The largest absolute Gasteiger partial charge is 0.477 e. The third-order valence-electron chi connectivity index (χ3n) is 5.18. The SMILES string of the molecule is COC(=O)C(OCCCCOc1nc(-c2ccccc2)nc2ccccc12)c1ccccc1. The van der Waals surface area contributed by atoms with E-state index in [9.17, 15) is 4.79 Å². The molecule has 0 N–H and O–H groups in total. The average Bonchev–Trinajstić information content (AvgIpc) is 2.88. The Labute approximate surface area is 193 Å². The van der Waals surface area contributed by atoms with Crippen molar-refractivity contribution in [2.24, 2.45) is 0 Å². The quantitative estimate of drug-likeness (QED) is 0.242. The topological polar surface area (TPSA) is 70.5 Å². The van der Waals surface area contributed by atoms with Gasteiger partial charge in [0.05, 0.1) is 24.6 Å². The number of hydrogen-bond acceptors (Lipinski definition) is 6. The molecule has 0 spiro atoms. The summed E-state index contributed by atoms with van der Waals surface area (Å²) in [6.07, 6.45) is 0.757. The highest BCUT2D eigenvalue weighted by atomic mass is 16.6. The summed E-state index contributed by atoms with van der Waals surface area (Å²) in [7, 11) is 1.37. The van der Waals surface area contributed by atoms with Crippen LogP contribution in [-0.4, -0.2) is 36.3 Å². The van der Waals surface area contributed by atoms with Gasteiger partial charge in [0.1, 0.15) is 0 Å². The summed E-state index contributed by atoms with van der Waals surface area (Å²) in [5.41, 5.74) is 2.56. The molecule has 4 rings (SSSR count). The average molecular weight is 443 g/mol. The number of fused-ring (bicyclic) bond motifs is 1. The van der Waals surface area contributed by atoms with Crippen LogP contribution in [0.2, 0.25) is 0 Å². The summed E-state index contributed by atoms with van der Waals surface area (Å²) in [6, 6.07) is 27.0. The van der Waals surface area contributed by atoms with Gasteiger partial charge in [-0.3, -0.25) is 0 Å². The van der Waals surface area contributed by atoms with Crippen molar-refractivity contribution >= 4 is 16.9 Å². The number of methoxy groups -OCH3 is 1. The van der Waals surface area contributed by atoms with Crippen LogP contribution in [0.5, 0.6) is 5.88 Å². The molecule has 0 bridgehead atoms. The van der Waals surface area contributed by atoms with Gasteiger partial charge in [-0.15, -0.1) is 0 Å². The molecule has 0 aliphatic rings. The molecule has 0 radical (unpaired) electrons. The second-order valence-electron chi connectivity index (χ2n) is 7.48. The maximum absolute atomic E-state index is 12.1. The second-order valence-corrected chi connectivity index (χ2v) is 7.48. The van der Waals surface area contributed by atoms with Gasteiger partial charge in [-0.2, -0.15) is 4.98 Å². The zero-order valence-corrected chi connectivity index (χ0v) is 18.5. The van der Waals surface area contributed by atoms with Crippen molar-refractivity contribution in [3.05, 3.63) is 90.5 Å². The van der Waals surface area contributed by atoms with E-state index in [0.717, 1.165) is 34.9 Å². The van der Waals surface area contributed by atoms with Crippen LogP contribution in [0, 0.1) is 0 Å². The molecule has 1 heterocycles. The maximum atomic E-state index is 12.1. The standard InChI is InChI=1S/C27H26N2O4/c1-31-27(30)24(20-12-4-2-5-13-20)32-18-10-11-19-33-26-22-16-8-9-17-23(22)28-25(29-26)21-14-6-3-7-15-21/h2-9,12-17,24H,10-11,18-19H2,1H3. The number of aromatic nitrogens is 2. The molecular weight excluding hydrogens is 416 g/mol. The molecule has 4 aromatic rings. The van der Waals surface area contributed by atoms with E-state index in [0.29, 0.717) is 24.9 Å². The van der Waals surface area contributed by atoms with E-state index in [1.54, 1.807) is 0 Å². The number of ether oxygens (including phenoxy) is 3. The lowest BCUT2D eigenvalue weighted by Gasteiger charge is -2.16. The molecule has 0 amide bonds. The zero-order chi connectivity index (χ0) is 22.9. The molecule has 0 saturated carbocycles. The Morgan fingerprint density at radius 3 is 2.24 bits per heavy atom. The van der Waals surface area contributed by atoms with Crippen molar-refractivity contribution in [2.75, 3.05) is 20.3 Å². The summed E-state index contributed by atoms with van der Waals surface area (Å²) >= 11 is 0. The molecule has 0 aliphatic heterocycles. The number of unbranched alkanes of at least 4 members (excludes halogenated alkanes) is 1. The maximum Gasteiger partial charge on any atom is 0.339 e. The Morgan fingerprint density at radius 2 is 1.48 bits per heavy atom. The molecule has 1 aromatic heterocycles. The van der Waals surface area contributed by atoms with Crippen LogP contribution in [0.1, 0.15) is 24.5 Å². The van der Waals surface area contributed by atoms with E-state index in [4.69, 9.17) is 14.2 Å². The van der Waals surface area contributed by atoms with Gasteiger partial charge in [0.25, 0.3) is 0 Å². The minimum absolute atomic E-state index is 0.404. The van der Waals surface area contributed by atoms with Crippen LogP contribution < -0.4 is 4.74 Å². The fraction of sp³-hybridized carbons (Fsp3) is 0.222. The Morgan fingerprint density at radius 1 is 0.818 bits per heavy atom. The van der Waals surface area contributed by atoms with Crippen LogP contribution in [0.3, 0.4) is 0 Å². The summed E-state index contributed by atoms with van der Waals surface area (Å²) in [4.78, 5) is 21.5. The molecule has 33 heavy (non-hydrogen) atoms. The number of nitrogens with zero attached hydrogens (tertiary/aromatic N) is 2. The van der Waals surface area contributed by atoms with Crippen LogP contribution in [0.25, 0.3) is 22.3 Å². The van der Waals surface area contributed by atoms with Gasteiger partial charge in [-0.25, -0.2) is 9.78 Å². The van der Waals surface area contributed by atoms with E-state index >= 15 is 0 Å². The van der Waals surface area contributed by atoms with Crippen LogP contribution in [0.4, 0.5) is 0 Å². The van der Waals surface area contributed by atoms with E-state index in [1.807, 2.05) is 84.9 Å². The number of para-hydroxylation sites is 1. The van der Waals surface area contributed by atoms with E-state index in [1.165, 1.54) is 7.11 Å². The van der Waals surface area contributed by atoms with Gasteiger partial charge in [-0.05, 0) is 30.5 Å². The zero-order valence-electron chi connectivity index (χ0n) is 18.5. The number of carbonyl (C=O) groups excluding carboxylic acids is 1. The molecule has 168 valence electrons. The van der Waals surface area contributed by atoms with Gasteiger partial charge in [0, 0.05) is 12.2 Å². The molecule has 6 nitrogen and oxygen atoms in total. The lowest BCUT2D eigenvalue weighted by Crippen LogP contribution is -2.18. The minimum atomic E-state index is -0.726. The van der Waals surface area contributed by atoms with Gasteiger partial charge in [0.2, 0.25) is 5.88 Å². The van der Waals surface area contributed by atoms with Crippen molar-refractivity contribution in [3.8, 4) is 17.3 Å². The molecule has 3 aromatic carbocycles. The predicted molar refractivity (Wildman–Crippen MR) is 127 cm³/mol. The second kappa shape index (κ2) is 11.2. The van der Waals surface area contributed by atoms with Gasteiger partial charge in [0.15, 0.2) is 11.9 Å². The van der Waals surface area contributed by atoms with Gasteiger partial charge in [-0.1, -0.05) is 72.8 Å². The fourth-order valence-electron chi connectivity index (χ4n) is 3.48. The molecule has 0 saturated heterocycles. The lowest BCUT2D eigenvalue weighted by atomic mass is 10.1. The Balaban J connectivity index is 1.36. The monoisotopic (exact) mass is 442 g/mol. The molecule has 0 aliphatic carbocycles. The number of esters is 1. The fourth-order valence-corrected chi connectivity index (χ4v) is 3.48. The molecule has 6 heteroatoms. The summed E-state index contributed by atoms with van der Waals surface area (Å²) in [6.45, 7) is 0.893. The van der Waals surface area contributed by atoms with E-state index < -0.39 is 12.1 Å². The first-order valence-corrected chi connectivity index (χ1v) is 11.0. The van der Waals surface area contributed by atoms with Crippen LogP contribution >= 0.6 is 0 Å². The van der Waals surface area contributed by atoms with Crippen molar-refractivity contribution in [1.29, 1.82) is 0 Å². The third kappa shape index (κ3) is 5.73. The first-order valence-electron chi connectivity index (χ1n) is 11.0. The molecule has 0 fully saturated rings. The van der Waals surface area contributed by atoms with Crippen LogP contribution in [-0.2, 0) is 14.3 Å². The number of hydrogen-bond donors (Lipinski definition) is 0. The van der Waals surface area contributed by atoms with E-state index in [2.05, 4.69) is 9.97 Å². The number of carbonyl (C=O) groups is 1. The highest BCUT2D eigenvalue weighted by Crippen LogP contribution is 2.26. The highest BCUT2D eigenvalue weighted by Gasteiger charge is 2.21. The van der Waals surface area contributed by atoms with Crippen molar-refractivity contribution in [3.63, 3.8) is 0 Å². The Hall–Kier alpha value is -3.77. The lowest BCUT2D eigenvalue weighted by molar-refractivity contribution is -0.154. The number of rotatable bonds is 10. The highest BCUT2D eigenvalue weighted by molar-refractivity contribution is 5.85. The van der Waals surface area contributed by atoms with E-state index in [-0.39, 0.29) is 0 Å². The summed E-state index contributed by atoms with van der Waals surface area (Å²) in [5, 5.41) is 0.878. The van der Waals surface area contributed by atoms with Crippen molar-refractivity contribution in [2.45, 2.75) is 18.9 Å². The molecule has 1 unspecified atom stereocenters. The van der Waals surface area contributed by atoms with Crippen molar-refractivity contribution in [1.82, 2.24) is 9.97 Å². The number of benzene rings is 3. The Bertz CT molecular complexity index is 1180. The smallest absolute Gasteiger partial charge is 0.339 e. The molecule has 1 atom stereocenters. The normalized spacial score (nSPS) is 11.8. The van der Waals surface area contributed by atoms with Gasteiger partial charge < -0.3 is 14.2 Å². The van der Waals surface area contributed by atoms with Gasteiger partial charge >= 0.3 is 5.97 Å².